The van der Waals surface area contributed by atoms with Crippen molar-refractivity contribution in [3.8, 4) is 0 Å². The lowest BCUT2D eigenvalue weighted by atomic mass is 9.94. The second kappa shape index (κ2) is 6.76. The quantitative estimate of drug-likeness (QED) is 0.809. The van der Waals surface area contributed by atoms with Gasteiger partial charge in [-0.05, 0) is 43.9 Å². The van der Waals surface area contributed by atoms with Crippen LogP contribution in [0.15, 0.2) is 0 Å². The molecule has 1 aliphatic carbocycles. The summed E-state index contributed by atoms with van der Waals surface area (Å²) in [5.74, 6) is 1.77. The smallest absolute Gasteiger partial charge is 0.0588 e. The first-order valence-electron chi connectivity index (χ1n) is 8.87. The van der Waals surface area contributed by atoms with E-state index in [0.29, 0.717) is 12.1 Å². The lowest BCUT2D eigenvalue weighted by molar-refractivity contribution is 0.0584. The van der Waals surface area contributed by atoms with Crippen LogP contribution >= 0.6 is 0 Å². The molecule has 2 aliphatic heterocycles. The highest BCUT2D eigenvalue weighted by Gasteiger charge is 2.39. The van der Waals surface area contributed by atoms with E-state index in [1.807, 2.05) is 0 Å². The zero-order chi connectivity index (χ0) is 13.9. The van der Waals surface area contributed by atoms with Crippen LogP contribution in [0.3, 0.4) is 0 Å². The molecule has 3 aliphatic rings. The number of piperazine rings is 1. The predicted molar refractivity (Wildman–Crippen MR) is 82.9 cm³/mol. The van der Waals surface area contributed by atoms with Gasteiger partial charge in [0.05, 0.1) is 6.10 Å². The van der Waals surface area contributed by atoms with Gasteiger partial charge in [0.15, 0.2) is 0 Å². The zero-order valence-corrected chi connectivity index (χ0v) is 13.3. The van der Waals surface area contributed by atoms with E-state index in [-0.39, 0.29) is 0 Å². The number of nitrogens with one attached hydrogen (secondary N) is 1. The van der Waals surface area contributed by atoms with E-state index in [2.05, 4.69) is 24.1 Å². The molecule has 0 amide bonds. The number of ether oxygens (including phenoxy) is 1. The van der Waals surface area contributed by atoms with Crippen LogP contribution in [0.25, 0.3) is 0 Å². The van der Waals surface area contributed by atoms with E-state index in [1.54, 1.807) is 0 Å². The number of hydrogen-bond acceptors (Lipinski definition) is 3. The third kappa shape index (κ3) is 3.55. The molecule has 2 heterocycles. The maximum Gasteiger partial charge on any atom is 0.0588 e. The van der Waals surface area contributed by atoms with E-state index >= 15 is 0 Å². The normalized spacial score (nSPS) is 37.2. The minimum absolute atomic E-state index is 0.548. The Balaban J connectivity index is 1.53. The van der Waals surface area contributed by atoms with Crippen molar-refractivity contribution in [1.29, 1.82) is 0 Å². The SMILES string of the molecule is CCC(C)C1CN(CCC2CCCO2)C(C2CC2)CN1. The molecule has 4 unspecified atom stereocenters. The molecule has 3 rings (SSSR count). The fourth-order valence-corrected chi connectivity index (χ4v) is 3.90. The van der Waals surface area contributed by atoms with Crippen LogP contribution in [0.5, 0.6) is 0 Å². The van der Waals surface area contributed by atoms with Gasteiger partial charge >= 0.3 is 0 Å². The highest BCUT2D eigenvalue weighted by atomic mass is 16.5. The van der Waals surface area contributed by atoms with Crippen LogP contribution in [0.4, 0.5) is 0 Å². The highest BCUT2D eigenvalue weighted by Crippen LogP contribution is 2.37. The number of rotatable bonds is 6. The summed E-state index contributed by atoms with van der Waals surface area (Å²) in [6, 6.07) is 1.50. The summed E-state index contributed by atoms with van der Waals surface area (Å²) in [5.41, 5.74) is 0. The van der Waals surface area contributed by atoms with Crippen LogP contribution in [0.1, 0.15) is 52.4 Å². The fraction of sp³-hybridized carbons (Fsp3) is 1.00. The number of nitrogens with zero attached hydrogens (tertiary/aromatic N) is 1. The van der Waals surface area contributed by atoms with Gasteiger partial charge in [0.1, 0.15) is 0 Å². The molecular formula is C17H32N2O. The van der Waals surface area contributed by atoms with Crippen molar-refractivity contribution in [2.24, 2.45) is 11.8 Å². The van der Waals surface area contributed by atoms with Gasteiger partial charge < -0.3 is 10.1 Å². The molecular weight excluding hydrogens is 248 g/mol. The first-order chi connectivity index (χ1) is 9.78. The molecule has 3 nitrogen and oxygen atoms in total. The molecule has 0 bridgehead atoms. The molecule has 0 radical (unpaired) electrons. The van der Waals surface area contributed by atoms with Crippen molar-refractivity contribution in [2.45, 2.75) is 70.6 Å². The van der Waals surface area contributed by atoms with Crippen LogP contribution in [0, 0.1) is 11.8 Å². The lowest BCUT2D eigenvalue weighted by Gasteiger charge is -2.43. The topological polar surface area (TPSA) is 24.5 Å². The van der Waals surface area contributed by atoms with Gasteiger partial charge in [-0.15, -0.1) is 0 Å². The van der Waals surface area contributed by atoms with E-state index in [0.717, 1.165) is 24.5 Å². The third-order valence-electron chi connectivity index (χ3n) is 5.75. The highest BCUT2D eigenvalue weighted by molar-refractivity contribution is 4.96. The molecule has 1 saturated carbocycles. The van der Waals surface area contributed by atoms with E-state index in [4.69, 9.17) is 4.74 Å². The van der Waals surface area contributed by atoms with Gasteiger partial charge in [0.2, 0.25) is 0 Å². The van der Waals surface area contributed by atoms with Crippen molar-refractivity contribution in [3.05, 3.63) is 0 Å². The first kappa shape index (κ1) is 14.8. The van der Waals surface area contributed by atoms with Crippen LogP contribution in [-0.4, -0.2) is 49.3 Å². The summed E-state index contributed by atoms with van der Waals surface area (Å²) in [6.07, 6.45) is 8.55. The Morgan fingerprint density at radius 2 is 2.15 bits per heavy atom. The molecule has 0 aromatic carbocycles. The summed E-state index contributed by atoms with van der Waals surface area (Å²) < 4.78 is 5.81. The summed E-state index contributed by atoms with van der Waals surface area (Å²) in [6.45, 7) is 9.42. The van der Waals surface area contributed by atoms with Crippen molar-refractivity contribution in [3.63, 3.8) is 0 Å². The molecule has 4 atom stereocenters. The maximum atomic E-state index is 5.81. The largest absolute Gasteiger partial charge is 0.378 e. The van der Waals surface area contributed by atoms with Gasteiger partial charge in [-0.1, -0.05) is 20.3 Å². The first-order valence-corrected chi connectivity index (χ1v) is 8.87. The van der Waals surface area contributed by atoms with E-state index in [9.17, 15) is 0 Å². The zero-order valence-electron chi connectivity index (χ0n) is 13.3. The van der Waals surface area contributed by atoms with Crippen molar-refractivity contribution >= 4 is 0 Å². The molecule has 0 spiro atoms. The molecule has 1 N–H and O–H groups in total. The van der Waals surface area contributed by atoms with Crippen molar-refractivity contribution < 1.29 is 4.74 Å². The Labute approximate surface area is 124 Å². The lowest BCUT2D eigenvalue weighted by Crippen LogP contribution is -2.59. The average Bonchev–Trinajstić information content (AvgIpc) is 3.20. The van der Waals surface area contributed by atoms with Crippen LogP contribution in [0.2, 0.25) is 0 Å². The van der Waals surface area contributed by atoms with Gasteiger partial charge in [-0.2, -0.15) is 0 Å². The second-order valence-corrected chi connectivity index (χ2v) is 7.22. The van der Waals surface area contributed by atoms with Gasteiger partial charge in [0, 0.05) is 38.3 Å². The van der Waals surface area contributed by atoms with Gasteiger partial charge in [0.25, 0.3) is 0 Å². The molecule has 2 saturated heterocycles. The molecule has 0 aromatic rings. The summed E-state index contributed by atoms with van der Waals surface area (Å²) >= 11 is 0. The monoisotopic (exact) mass is 280 g/mol. The van der Waals surface area contributed by atoms with Gasteiger partial charge in [-0.3, -0.25) is 4.90 Å². The van der Waals surface area contributed by atoms with E-state index in [1.165, 1.54) is 58.2 Å². The second-order valence-electron chi connectivity index (χ2n) is 7.22. The minimum atomic E-state index is 0.548. The third-order valence-corrected chi connectivity index (χ3v) is 5.75. The molecule has 116 valence electrons. The molecule has 20 heavy (non-hydrogen) atoms. The van der Waals surface area contributed by atoms with Crippen molar-refractivity contribution in [1.82, 2.24) is 10.2 Å². The van der Waals surface area contributed by atoms with Crippen LogP contribution < -0.4 is 5.32 Å². The molecule has 3 heteroatoms. The maximum absolute atomic E-state index is 5.81. The summed E-state index contributed by atoms with van der Waals surface area (Å²) in [7, 11) is 0. The molecule has 0 aromatic heterocycles. The fourth-order valence-electron chi connectivity index (χ4n) is 3.90. The Morgan fingerprint density at radius 3 is 2.80 bits per heavy atom. The minimum Gasteiger partial charge on any atom is -0.378 e. The Hall–Kier alpha value is -0.120. The predicted octanol–water partition coefficient (Wildman–Crippen LogP) is 2.65. The van der Waals surface area contributed by atoms with E-state index < -0.39 is 0 Å². The average molecular weight is 280 g/mol. The number of hydrogen-bond donors (Lipinski definition) is 1. The Morgan fingerprint density at radius 1 is 1.30 bits per heavy atom. The Bertz CT molecular complexity index is 299. The van der Waals surface area contributed by atoms with Crippen molar-refractivity contribution in [2.75, 3.05) is 26.2 Å². The molecule has 3 fully saturated rings. The standard InChI is InChI=1S/C17H32N2O/c1-3-13(2)16-12-19(9-8-15-5-4-10-20-15)17(11-18-16)14-6-7-14/h13-18H,3-12H2,1-2H3. The van der Waals surface area contributed by atoms with Gasteiger partial charge in [-0.25, -0.2) is 0 Å². The Kier molecular flexibility index (Phi) is 5.00. The van der Waals surface area contributed by atoms with Crippen LogP contribution in [-0.2, 0) is 4.74 Å². The summed E-state index contributed by atoms with van der Waals surface area (Å²) in [4.78, 5) is 2.80. The summed E-state index contributed by atoms with van der Waals surface area (Å²) in [5, 5.41) is 3.83.